The van der Waals surface area contributed by atoms with Gasteiger partial charge in [0.1, 0.15) is 11.5 Å². The van der Waals surface area contributed by atoms with Crippen LogP contribution in [0.5, 0.6) is 0 Å². The first kappa shape index (κ1) is 18.4. The van der Waals surface area contributed by atoms with Crippen LogP contribution in [0.2, 0.25) is 0 Å². The van der Waals surface area contributed by atoms with Gasteiger partial charge in [-0.2, -0.15) is 0 Å². The minimum atomic E-state index is -0.218. The molecule has 1 heterocycles. The van der Waals surface area contributed by atoms with Crippen molar-refractivity contribution in [3.8, 4) is 0 Å². The van der Waals surface area contributed by atoms with E-state index in [9.17, 15) is 9.90 Å². The second-order valence-electron chi connectivity index (χ2n) is 10.3. The van der Waals surface area contributed by atoms with E-state index < -0.39 is 0 Å². The van der Waals surface area contributed by atoms with Gasteiger partial charge in [0.05, 0.1) is 6.10 Å². The normalized spacial score (nSPS) is 44.1. The minimum Gasteiger partial charge on any atom is -0.462 e. The summed E-state index contributed by atoms with van der Waals surface area (Å²) < 4.78 is 5.72. The Bertz CT molecular complexity index is 874. The molecule has 5 rings (SSSR count). The standard InChI is InChI=1S/C25H32O3/c1-15-4-6-19(28-15)12-16-13-22-20-7-5-17-14-18(26)8-10-24(17,2)21(20)9-11-25(22,3)23(16)27/h4-6,12,18,20-22,26H,7-11,13-14H2,1-3H3/b16-12-/t18-,20+,21-,22-,24+,25+/m1/s1. The summed E-state index contributed by atoms with van der Waals surface area (Å²) in [6.45, 7) is 6.60. The molecular formula is C25H32O3. The zero-order chi connectivity index (χ0) is 19.7. The number of Topliss-reactive ketones (excluding diaryl/α,β-unsaturated/α-hetero) is 1. The lowest BCUT2D eigenvalue weighted by molar-refractivity contribution is -0.130. The van der Waals surface area contributed by atoms with Crippen LogP contribution in [-0.2, 0) is 4.79 Å². The molecule has 3 nitrogen and oxygen atoms in total. The first-order chi connectivity index (χ1) is 13.3. The monoisotopic (exact) mass is 380 g/mol. The molecule has 150 valence electrons. The second-order valence-corrected chi connectivity index (χ2v) is 10.3. The lowest BCUT2D eigenvalue weighted by atomic mass is 9.48. The zero-order valence-electron chi connectivity index (χ0n) is 17.3. The third-order valence-electron chi connectivity index (χ3n) is 8.80. The van der Waals surface area contributed by atoms with Gasteiger partial charge in [-0.1, -0.05) is 25.5 Å². The number of hydrogen-bond donors (Lipinski definition) is 1. The lowest BCUT2D eigenvalue weighted by Gasteiger charge is -2.56. The Morgan fingerprint density at radius 2 is 1.89 bits per heavy atom. The van der Waals surface area contributed by atoms with E-state index in [4.69, 9.17) is 4.42 Å². The maximum Gasteiger partial charge on any atom is 0.165 e. The third kappa shape index (κ3) is 2.55. The van der Waals surface area contributed by atoms with Crippen LogP contribution >= 0.6 is 0 Å². The Labute approximate surface area is 167 Å². The molecule has 0 radical (unpaired) electrons. The third-order valence-corrected chi connectivity index (χ3v) is 8.80. The Kier molecular flexibility index (Phi) is 4.07. The Morgan fingerprint density at radius 3 is 2.64 bits per heavy atom. The van der Waals surface area contributed by atoms with Crippen LogP contribution in [-0.4, -0.2) is 17.0 Å². The van der Waals surface area contributed by atoms with Crippen molar-refractivity contribution in [2.75, 3.05) is 0 Å². The van der Waals surface area contributed by atoms with Crippen molar-refractivity contribution in [2.24, 2.45) is 28.6 Å². The molecule has 1 aromatic heterocycles. The highest BCUT2D eigenvalue weighted by atomic mass is 16.3. The van der Waals surface area contributed by atoms with E-state index in [-0.39, 0.29) is 16.9 Å². The number of rotatable bonds is 1. The maximum absolute atomic E-state index is 13.4. The average Bonchev–Trinajstić information content (AvgIpc) is 3.18. The van der Waals surface area contributed by atoms with Crippen molar-refractivity contribution in [3.63, 3.8) is 0 Å². The molecule has 0 amide bonds. The quantitative estimate of drug-likeness (QED) is 0.519. The predicted octanol–water partition coefficient (Wildman–Crippen LogP) is 5.47. The highest BCUT2D eigenvalue weighted by Gasteiger charge is 2.59. The van der Waals surface area contributed by atoms with Crippen LogP contribution in [0.25, 0.3) is 6.08 Å². The molecule has 0 spiro atoms. The first-order valence-electron chi connectivity index (χ1n) is 11.0. The van der Waals surface area contributed by atoms with Gasteiger partial charge in [0.15, 0.2) is 5.78 Å². The molecule has 3 fully saturated rings. The minimum absolute atomic E-state index is 0.163. The number of carbonyl (C=O) groups is 1. The molecule has 4 aliphatic carbocycles. The molecule has 0 bridgehead atoms. The maximum atomic E-state index is 13.4. The van der Waals surface area contributed by atoms with Crippen molar-refractivity contribution >= 4 is 11.9 Å². The molecule has 1 N–H and O–H groups in total. The van der Waals surface area contributed by atoms with Gasteiger partial charge in [-0.05, 0) is 98.8 Å². The van der Waals surface area contributed by atoms with E-state index in [0.717, 1.165) is 62.0 Å². The molecule has 0 saturated heterocycles. The van der Waals surface area contributed by atoms with Crippen LogP contribution in [0.4, 0.5) is 0 Å². The number of aliphatic hydroxyl groups is 1. The zero-order valence-corrected chi connectivity index (χ0v) is 17.3. The molecule has 3 saturated carbocycles. The number of ketones is 1. The average molecular weight is 381 g/mol. The number of aliphatic hydroxyl groups excluding tert-OH is 1. The number of hydrogen-bond acceptors (Lipinski definition) is 3. The summed E-state index contributed by atoms with van der Waals surface area (Å²) in [5.41, 5.74) is 2.45. The van der Waals surface area contributed by atoms with Crippen LogP contribution in [0.15, 0.2) is 33.8 Å². The van der Waals surface area contributed by atoms with Gasteiger partial charge in [0.25, 0.3) is 0 Å². The number of aryl methyl sites for hydroxylation is 1. The van der Waals surface area contributed by atoms with E-state index >= 15 is 0 Å². The van der Waals surface area contributed by atoms with Gasteiger partial charge in [-0.25, -0.2) is 0 Å². The SMILES string of the molecule is Cc1ccc(/C=C2/C[C@@H]3[C@H]4CC=C5C[C@H](O)CC[C@]5(C)[C@@H]4CC[C@]3(C)C2=O)o1. The summed E-state index contributed by atoms with van der Waals surface area (Å²) in [4.78, 5) is 13.4. The highest BCUT2D eigenvalue weighted by molar-refractivity contribution is 6.05. The summed E-state index contributed by atoms with van der Waals surface area (Å²) in [5.74, 6) is 3.70. The van der Waals surface area contributed by atoms with E-state index in [0.29, 0.717) is 23.5 Å². The topological polar surface area (TPSA) is 50.4 Å². The van der Waals surface area contributed by atoms with Crippen LogP contribution in [0.1, 0.15) is 70.3 Å². The largest absolute Gasteiger partial charge is 0.462 e. The van der Waals surface area contributed by atoms with Crippen molar-refractivity contribution in [2.45, 2.75) is 71.8 Å². The highest BCUT2D eigenvalue weighted by Crippen LogP contribution is 2.64. The first-order valence-corrected chi connectivity index (χ1v) is 11.0. The van der Waals surface area contributed by atoms with Crippen LogP contribution in [0.3, 0.4) is 0 Å². The molecule has 3 heteroatoms. The molecule has 6 atom stereocenters. The van der Waals surface area contributed by atoms with E-state index in [2.05, 4.69) is 19.9 Å². The Balaban J connectivity index is 1.48. The molecular weight excluding hydrogens is 348 g/mol. The molecule has 0 aromatic carbocycles. The van der Waals surface area contributed by atoms with E-state index in [1.807, 2.05) is 25.1 Å². The van der Waals surface area contributed by atoms with Crippen LogP contribution in [0, 0.1) is 35.5 Å². The summed E-state index contributed by atoms with van der Waals surface area (Å²) in [6, 6.07) is 3.93. The van der Waals surface area contributed by atoms with Gasteiger partial charge in [0.2, 0.25) is 0 Å². The summed E-state index contributed by atoms with van der Waals surface area (Å²) in [5, 5.41) is 10.2. The molecule has 4 aliphatic rings. The number of carbonyl (C=O) groups excluding carboxylic acids is 1. The number of furan rings is 1. The Morgan fingerprint density at radius 1 is 1.11 bits per heavy atom. The summed E-state index contributed by atoms with van der Waals surface area (Å²) >= 11 is 0. The number of fused-ring (bicyclic) bond motifs is 5. The molecule has 0 aliphatic heterocycles. The molecule has 28 heavy (non-hydrogen) atoms. The van der Waals surface area contributed by atoms with Gasteiger partial charge >= 0.3 is 0 Å². The fourth-order valence-electron chi connectivity index (χ4n) is 7.14. The van der Waals surface area contributed by atoms with Gasteiger partial charge in [-0.3, -0.25) is 4.79 Å². The van der Waals surface area contributed by atoms with E-state index in [1.54, 1.807) is 0 Å². The van der Waals surface area contributed by atoms with E-state index in [1.165, 1.54) is 5.57 Å². The van der Waals surface area contributed by atoms with Crippen molar-refractivity contribution in [1.82, 2.24) is 0 Å². The predicted molar refractivity (Wildman–Crippen MR) is 110 cm³/mol. The summed E-state index contributed by atoms with van der Waals surface area (Å²) in [7, 11) is 0. The number of allylic oxidation sites excluding steroid dienone is 2. The lowest BCUT2D eigenvalue weighted by Crippen LogP contribution is -2.50. The van der Waals surface area contributed by atoms with Gasteiger partial charge in [-0.15, -0.1) is 0 Å². The van der Waals surface area contributed by atoms with Gasteiger partial charge < -0.3 is 9.52 Å². The fraction of sp³-hybridized carbons (Fsp3) is 0.640. The Hall–Kier alpha value is -1.61. The van der Waals surface area contributed by atoms with Gasteiger partial charge in [0, 0.05) is 5.41 Å². The van der Waals surface area contributed by atoms with Crippen molar-refractivity contribution in [1.29, 1.82) is 0 Å². The fourth-order valence-corrected chi connectivity index (χ4v) is 7.14. The van der Waals surface area contributed by atoms with Crippen molar-refractivity contribution < 1.29 is 14.3 Å². The van der Waals surface area contributed by atoms with Crippen LogP contribution < -0.4 is 0 Å². The summed E-state index contributed by atoms with van der Waals surface area (Å²) in [6.07, 6.45) is 11.2. The van der Waals surface area contributed by atoms with Crippen molar-refractivity contribution in [3.05, 3.63) is 40.9 Å². The molecule has 0 unspecified atom stereocenters. The smallest absolute Gasteiger partial charge is 0.165 e. The molecule has 1 aromatic rings. The second kappa shape index (κ2) is 6.19.